The zero-order valence-electron chi connectivity index (χ0n) is 16.2. The van der Waals surface area contributed by atoms with E-state index >= 15 is 0 Å². The first-order valence-electron chi connectivity index (χ1n) is 9.29. The Morgan fingerprint density at radius 2 is 1.83 bits per heavy atom. The molecule has 30 heavy (non-hydrogen) atoms. The second-order valence-corrected chi connectivity index (χ2v) is 8.34. The van der Waals surface area contributed by atoms with Gasteiger partial charge in [0.05, 0.1) is 24.3 Å². The summed E-state index contributed by atoms with van der Waals surface area (Å²) in [7, 11) is 1.60. The molecule has 0 aliphatic carbocycles. The molecule has 2 aromatic heterocycles. The molecule has 0 fully saturated rings. The van der Waals surface area contributed by atoms with Crippen LogP contribution in [0, 0.1) is 0 Å². The Labute approximate surface area is 181 Å². The van der Waals surface area contributed by atoms with Gasteiger partial charge < -0.3 is 14.6 Å². The van der Waals surface area contributed by atoms with Crippen molar-refractivity contribution in [2.75, 3.05) is 19.5 Å². The van der Waals surface area contributed by atoms with Crippen molar-refractivity contribution in [3.63, 3.8) is 0 Å². The van der Waals surface area contributed by atoms with Crippen molar-refractivity contribution in [3.8, 4) is 17.2 Å². The quantitative estimate of drug-likeness (QED) is 0.330. The molecule has 1 N–H and O–H groups in total. The molecule has 0 radical (unpaired) electrons. The minimum Gasteiger partial charge on any atom is -0.497 e. The van der Waals surface area contributed by atoms with Gasteiger partial charge in [-0.15, -0.1) is 11.3 Å². The molecule has 2 heterocycles. The molecule has 2 aromatic carbocycles. The van der Waals surface area contributed by atoms with Crippen LogP contribution in [-0.2, 0) is 0 Å². The summed E-state index contributed by atoms with van der Waals surface area (Å²) in [6.45, 7) is 0.135. The van der Waals surface area contributed by atoms with Gasteiger partial charge in [0.1, 0.15) is 22.9 Å². The van der Waals surface area contributed by atoms with Gasteiger partial charge in [-0.2, -0.15) is 0 Å². The van der Waals surface area contributed by atoms with Crippen LogP contribution in [-0.4, -0.2) is 40.2 Å². The second-order valence-electron chi connectivity index (χ2n) is 6.46. The number of para-hydroxylation sites is 1. The summed E-state index contributed by atoms with van der Waals surface area (Å²) < 4.78 is 12.4. The number of hydrogen-bond donors (Lipinski definition) is 1. The molecule has 0 amide bonds. The predicted molar refractivity (Wildman–Crippen MR) is 120 cm³/mol. The van der Waals surface area contributed by atoms with E-state index in [-0.39, 0.29) is 12.2 Å². The largest absolute Gasteiger partial charge is 0.497 e. The highest BCUT2D eigenvalue weighted by molar-refractivity contribution is 7.99. The van der Waals surface area contributed by atoms with E-state index in [1.807, 2.05) is 35.7 Å². The van der Waals surface area contributed by atoms with E-state index in [9.17, 15) is 9.90 Å². The Morgan fingerprint density at radius 3 is 2.57 bits per heavy atom. The maximum Gasteiger partial charge on any atom is 0.267 e. The van der Waals surface area contributed by atoms with E-state index in [0.717, 1.165) is 11.4 Å². The van der Waals surface area contributed by atoms with E-state index < -0.39 is 6.10 Å². The number of ether oxygens (including phenoxy) is 2. The first kappa shape index (κ1) is 20.5. The van der Waals surface area contributed by atoms with Crippen molar-refractivity contribution in [1.82, 2.24) is 9.55 Å². The van der Waals surface area contributed by atoms with Crippen LogP contribution in [0.15, 0.2) is 76.0 Å². The fourth-order valence-electron chi connectivity index (χ4n) is 2.88. The Hall–Kier alpha value is -2.81. The molecule has 8 heteroatoms. The van der Waals surface area contributed by atoms with Gasteiger partial charge in [0.2, 0.25) is 0 Å². The summed E-state index contributed by atoms with van der Waals surface area (Å²) in [5, 5.41) is 13.4. The van der Waals surface area contributed by atoms with Crippen molar-refractivity contribution >= 4 is 33.3 Å². The lowest BCUT2D eigenvalue weighted by molar-refractivity contribution is 0.126. The summed E-state index contributed by atoms with van der Waals surface area (Å²) in [5.74, 6) is 1.73. The topological polar surface area (TPSA) is 73.6 Å². The fraction of sp³-hybridized carbons (Fsp3) is 0.182. The van der Waals surface area contributed by atoms with Gasteiger partial charge in [-0.05, 0) is 47.8 Å². The van der Waals surface area contributed by atoms with Gasteiger partial charge in [-0.25, -0.2) is 4.98 Å². The second kappa shape index (κ2) is 9.34. The summed E-state index contributed by atoms with van der Waals surface area (Å²) in [6, 6.07) is 18.4. The smallest absolute Gasteiger partial charge is 0.267 e. The van der Waals surface area contributed by atoms with Crippen LogP contribution >= 0.6 is 23.1 Å². The number of aromatic nitrogens is 2. The molecule has 6 nitrogen and oxygen atoms in total. The van der Waals surface area contributed by atoms with Crippen LogP contribution < -0.4 is 15.0 Å². The van der Waals surface area contributed by atoms with Crippen LogP contribution in [0.2, 0.25) is 0 Å². The molecule has 154 valence electrons. The maximum absolute atomic E-state index is 13.0. The third-order valence-electron chi connectivity index (χ3n) is 4.39. The van der Waals surface area contributed by atoms with Crippen LogP contribution in [0.25, 0.3) is 15.9 Å². The number of benzene rings is 2. The molecule has 0 aliphatic heterocycles. The van der Waals surface area contributed by atoms with Crippen molar-refractivity contribution in [2.24, 2.45) is 0 Å². The Morgan fingerprint density at radius 1 is 1.10 bits per heavy atom. The lowest BCUT2D eigenvalue weighted by Gasteiger charge is -2.15. The van der Waals surface area contributed by atoms with Crippen molar-refractivity contribution in [3.05, 3.63) is 76.4 Å². The average molecular weight is 441 g/mol. The lowest BCUT2D eigenvalue weighted by Crippen LogP contribution is -2.23. The van der Waals surface area contributed by atoms with Gasteiger partial charge in [0, 0.05) is 5.75 Å². The van der Waals surface area contributed by atoms with Gasteiger partial charge in [0.15, 0.2) is 5.16 Å². The highest BCUT2D eigenvalue weighted by Gasteiger charge is 2.16. The number of thioether (sulfide) groups is 1. The zero-order valence-corrected chi connectivity index (χ0v) is 17.9. The average Bonchev–Trinajstić information content (AvgIpc) is 3.26. The summed E-state index contributed by atoms with van der Waals surface area (Å²) in [5.41, 5.74) is 0.633. The molecule has 4 rings (SSSR count). The number of rotatable bonds is 8. The van der Waals surface area contributed by atoms with Crippen LogP contribution in [0.1, 0.15) is 0 Å². The molecule has 0 spiro atoms. The molecule has 0 unspecified atom stereocenters. The monoisotopic (exact) mass is 440 g/mol. The molecule has 0 aliphatic rings. The van der Waals surface area contributed by atoms with Gasteiger partial charge in [-0.1, -0.05) is 30.0 Å². The molecule has 1 atom stereocenters. The van der Waals surface area contributed by atoms with E-state index in [0.29, 0.717) is 26.9 Å². The molecular weight excluding hydrogens is 420 g/mol. The number of fused-ring (bicyclic) bond motifs is 1. The predicted octanol–water partition coefficient (Wildman–Crippen LogP) is 3.99. The number of thiophene rings is 1. The number of aliphatic hydroxyl groups is 1. The Balaban J connectivity index is 1.49. The standard InChI is InChI=1S/C22H20N2O4S2/c1-27-17-7-9-18(10-8-17)28-13-16(25)14-30-22-23-20-19(11-12-29-20)21(26)24(22)15-5-3-2-4-6-15/h2-12,16,25H,13-14H2,1H3/t16-/m1/s1. The molecule has 0 bridgehead atoms. The summed E-state index contributed by atoms with van der Waals surface area (Å²) in [6.07, 6.45) is -0.725. The first-order valence-corrected chi connectivity index (χ1v) is 11.2. The minimum absolute atomic E-state index is 0.112. The van der Waals surface area contributed by atoms with E-state index in [4.69, 9.17) is 9.47 Å². The Kier molecular flexibility index (Phi) is 6.37. The third-order valence-corrected chi connectivity index (χ3v) is 6.28. The van der Waals surface area contributed by atoms with Crippen molar-refractivity contribution in [2.45, 2.75) is 11.3 Å². The number of aliphatic hydroxyl groups excluding tert-OH is 1. The van der Waals surface area contributed by atoms with Gasteiger partial charge in [0.25, 0.3) is 5.56 Å². The van der Waals surface area contributed by atoms with Crippen LogP contribution in [0.5, 0.6) is 11.5 Å². The number of nitrogens with zero attached hydrogens (tertiary/aromatic N) is 2. The maximum atomic E-state index is 13.0. The van der Waals surface area contributed by atoms with Crippen molar-refractivity contribution in [1.29, 1.82) is 0 Å². The molecule has 0 saturated carbocycles. The van der Waals surface area contributed by atoms with Crippen molar-refractivity contribution < 1.29 is 14.6 Å². The fourth-order valence-corrected chi connectivity index (χ4v) is 4.60. The third kappa shape index (κ3) is 4.51. The minimum atomic E-state index is -0.725. The van der Waals surface area contributed by atoms with E-state index in [1.165, 1.54) is 23.1 Å². The summed E-state index contributed by atoms with van der Waals surface area (Å²) >= 11 is 2.76. The van der Waals surface area contributed by atoms with Crippen LogP contribution in [0.4, 0.5) is 0 Å². The van der Waals surface area contributed by atoms with E-state index in [1.54, 1.807) is 42.0 Å². The van der Waals surface area contributed by atoms with Gasteiger partial charge >= 0.3 is 0 Å². The summed E-state index contributed by atoms with van der Waals surface area (Å²) in [4.78, 5) is 18.4. The van der Waals surface area contributed by atoms with Gasteiger partial charge in [-0.3, -0.25) is 9.36 Å². The highest BCUT2D eigenvalue weighted by atomic mass is 32.2. The molecular formula is C22H20N2O4S2. The highest BCUT2D eigenvalue weighted by Crippen LogP contribution is 2.24. The zero-order chi connectivity index (χ0) is 20.9. The van der Waals surface area contributed by atoms with Crippen LogP contribution in [0.3, 0.4) is 0 Å². The number of hydrogen-bond acceptors (Lipinski definition) is 7. The normalized spacial score (nSPS) is 12.1. The molecule has 0 saturated heterocycles. The first-order chi connectivity index (χ1) is 14.7. The van der Waals surface area contributed by atoms with E-state index in [2.05, 4.69) is 4.98 Å². The number of methoxy groups -OCH3 is 1. The molecule has 4 aromatic rings. The lowest BCUT2D eigenvalue weighted by atomic mass is 10.3. The SMILES string of the molecule is COc1ccc(OC[C@@H](O)CSc2nc3sccc3c(=O)n2-c2ccccc2)cc1. The Bertz CT molecular complexity index is 1170.